The third kappa shape index (κ3) is 23.3. The number of esters is 2. The highest BCUT2D eigenvalue weighted by atomic mass is 16.6. The number of hydrogen-bond donors (Lipinski definition) is 1. The number of ether oxygens (including phenoxy) is 3. The smallest absolute Gasteiger partial charge is 0.305 e. The number of rotatable bonds is 28. The Labute approximate surface area is 246 Å². The molecule has 1 N–H and O–H groups in total. The topological polar surface area (TPSA) is 85.4 Å². The zero-order chi connectivity index (χ0) is 29.3. The SMILES string of the molecule is CCCCCC1OC1C/C=C\CCCCCCCC(=O)OC[C@@H](O)COC(=O)CCCCCCCCCC(C)C. The van der Waals surface area contributed by atoms with Crippen LogP contribution in [0.2, 0.25) is 0 Å². The Bertz CT molecular complexity index is 646. The normalized spacial score (nSPS) is 17.4. The van der Waals surface area contributed by atoms with Crippen LogP contribution in [-0.4, -0.2) is 48.6 Å². The summed E-state index contributed by atoms with van der Waals surface area (Å²) in [6.45, 7) is 6.53. The monoisotopic (exact) mass is 566 g/mol. The first-order valence-corrected chi connectivity index (χ1v) is 16.7. The Kier molecular flexibility index (Phi) is 23.2. The van der Waals surface area contributed by atoms with Gasteiger partial charge in [-0.15, -0.1) is 0 Å². The molecule has 1 rings (SSSR count). The summed E-state index contributed by atoms with van der Waals surface area (Å²) < 4.78 is 16.0. The number of aliphatic hydroxyl groups excluding tert-OH is 1. The Morgan fingerprint density at radius 2 is 1.27 bits per heavy atom. The molecule has 0 saturated carbocycles. The van der Waals surface area contributed by atoms with Gasteiger partial charge >= 0.3 is 11.9 Å². The Morgan fingerprint density at radius 3 is 1.85 bits per heavy atom. The Morgan fingerprint density at radius 1 is 0.725 bits per heavy atom. The van der Waals surface area contributed by atoms with Crippen molar-refractivity contribution in [3.63, 3.8) is 0 Å². The highest BCUT2D eigenvalue weighted by Crippen LogP contribution is 2.30. The van der Waals surface area contributed by atoms with Crippen LogP contribution in [0.5, 0.6) is 0 Å². The van der Waals surface area contributed by atoms with Crippen molar-refractivity contribution in [1.29, 1.82) is 0 Å². The van der Waals surface area contributed by atoms with Crippen molar-refractivity contribution in [3.05, 3.63) is 12.2 Å². The fourth-order valence-corrected chi connectivity index (χ4v) is 4.92. The van der Waals surface area contributed by atoms with Gasteiger partial charge in [-0.3, -0.25) is 9.59 Å². The predicted octanol–water partition coefficient (Wildman–Crippen LogP) is 8.63. The lowest BCUT2D eigenvalue weighted by Gasteiger charge is -2.12. The maximum absolute atomic E-state index is 11.9. The first kappa shape index (κ1) is 36.6. The van der Waals surface area contributed by atoms with Gasteiger partial charge in [0, 0.05) is 12.8 Å². The van der Waals surface area contributed by atoms with E-state index in [9.17, 15) is 14.7 Å². The van der Waals surface area contributed by atoms with Gasteiger partial charge in [0.05, 0.1) is 12.2 Å². The van der Waals surface area contributed by atoms with Crippen LogP contribution in [0.25, 0.3) is 0 Å². The second-order valence-corrected chi connectivity index (χ2v) is 12.1. The van der Waals surface area contributed by atoms with E-state index in [0.29, 0.717) is 25.0 Å². The van der Waals surface area contributed by atoms with Gasteiger partial charge in [-0.25, -0.2) is 0 Å². The third-order valence-corrected chi connectivity index (χ3v) is 7.60. The molecular weight excluding hydrogens is 504 g/mol. The fourth-order valence-electron chi connectivity index (χ4n) is 4.92. The van der Waals surface area contributed by atoms with Crippen molar-refractivity contribution in [3.8, 4) is 0 Å². The van der Waals surface area contributed by atoms with Gasteiger partial charge in [0.1, 0.15) is 19.3 Å². The number of aliphatic hydroxyl groups is 1. The molecule has 0 aliphatic carbocycles. The van der Waals surface area contributed by atoms with Crippen LogP contribution in [0.1, 0.15) is 156 Å². The largest absolute Gasteiger partial charge is 0.463 e. The lowest BCUT2D eigenvalue weighted by molar-refractivity contribution is -0.152. The zero-order valence-electron chi connectivity index (χ0n) is 26.2. The molecule has 2 unspecified atom stereocenters. The average Bonchev–Trinajstić information content (AvgIpc) is 3.68. The van der Waals surface area contributed by atoms with Gasteiger partial charge < -0.3 is 19.3 Å². The van der Waals surface area contributed by atoms with Gasteiger partial charge in [0.15, 0.2) is 0 Å². The molecule has 6 nitrogen and oxygen atoms in total. The van der Waals surface area contributed by atoms with Crippen LogP contribution >= 0.6 is 0 Å². The molecule has 1 aliphatic rings. The van der Waals surface area contributed by atoms with E-state index in [1.54, 1.807) is 0 Å². The van der Waals surface area contributed by atoms with Crippen LogP contribution in [-0.2, 0) is 23.8 Å². The zero-order valence-corrected chi connectivity index (χ0v) is 26.2. The second-order valence-electron chi connectivity index (χ2n) is 12.1. The summed E-state index contributed by atoms with van der Waals surface area (Å²) in [5.74, 6) is 0.204. The molecule has 0 bridgehead atoms. The minimum Gasteiger partial charge on any atom is -0.463 e. The maximum Gasteiger partial charge on any atom is 0.305 e. The highest BCUT2D eigenvalue weighted by molar-refractivity contribution is 5.69. The molecule has 1 saturated heterocycles. The van der Waals surface area contributed by atoms with E-state index in [4.69, 9.17) is 14.2 Å². The summed E-state index contributed by atoms with van der Waals surface area (Å²) >= 11 is 0. The lowest BCUT2D eigenvalue weighted by atomic mass is 10.0. The van der Waals surface area contributed by atoms with E-state index in [1.165, 1.54) is 70.6 Å². The Hall–Kier alpha value is -1.40. The van der Waals surface area contributed by atoms with Crippen LogP contribution < -0.4 is 0 Å². The number of unbranched alkanes of at least 4 members (excludes halogenated alkanes) is 13. The first-order chi connectivity index (χ1) is 19.4. The van der Waals surface area contributed by atoms with E-state index in [1.807, 2.05) is 0 Å². The van der Waals surface area contributed by atoms with Gasteiger partial charge in [0.2, 0.25) is 0 Å². The Balaban J connectivity index is 1.84. The van der Waals surface area contributed by atoms with Crippen molar-refractivity contribution < 1.29 is 28.9 Å². The minimum absolute atomic E-state index is 0.121. The molecule has 0 radical (unpaired) electrons. The van der Waals surface area contributed by atoms with Crippen molar-refractivity contribution in [2.45, 2.75) is 174 Å². The summed E-state index contributed by atoms with van der Waals surface area (Å²) in [5, 5.41) is 9.95. The van der Waals surface area contributed by atoms with Crippen LogP contribution in [0.4, 0.5) is 0 Å². The molecule has 6 heteroatoms. The molecule has 1 aliphatic heterocycles. The summed E-state index contributed by atoms with van der Waals surface area (Å²) in [5.41, 5.74) is 0. The molecule has 0 aromatic carbocycles. The molecule has 0 aromatic rings. The fraction of sp³-hybridized carbons (Fsp3) is 0.882. The van der Waals surface area contributed by atoms with Crippen molar-refractivity contribution in [2.24, 2.45) is 5.92 Å². The highest BCUT2D eigenvalue weighted by Gasteiger charge is 2.36. The summed E-state index contributed by atoms with van der Waals surface area (Å²) in [6, 6.07) is 0. The molecule has 0 amide bonds. The van der Waals surface area contributed by atoms with E-state index >= 15 is 0 Å². The van der Waals surface area contributed by atoms with Gasteiger partial charge in [-0.2, -0.15) is 0 Å². The third-order valence-electron chi connectivity index (χ3n) is 7.60. The maximum atomic E-state index is 11.9. The molecule has 0 spiro atoms. The second kappa shape index (κ2) is 25.3. The van der Waals surface area contributed by atoms with E-state index < -0.39 is 6.10 Å². The number of epoxide rings is 1. The van der Waals surface area contributed by atoms with Crippen molar-refractivity contribution in [1.82, 2.24) is 0 Å². The van der Waals surface area contributed by atoms with E-state index in [0.717, 1.165) is 57.3 Å². The van der Waals surface area contributed by atoms with Gasteiger partial charge in [0.25, 0.3) is 0 Å². The van der Waals surface area contributed by atoms with E-state index in [2.05, 4.69) is 32.9 Å². The van der Waals surface area contributed by atoms with Crippen LogP contribution in [0.3, 0.4) is 0 Å². The number of hydrogen-bond acceptors (Lipinski definition) is 6. The molecule has 1 fully saturated rings. The van der Waals surface area contributed by atoms with E-state index in [-0.39, 0.29) is 25.2 Å². The summed E-state index contributed by atoms with van der Waals surface area (Å²) in [4.78, 5) is 23.8. The van der Waals surface area contributed by atoms with Crippen LogP contribution in [0, 0.1) is 5.92 Å². The van der Waals surface area contributed by atoms with Crippen molar-refractivity contribution >= 4 is 11.9 Å². The van der Waals surface area contributed by atoms with Crippen molar-refractivity contribution in [2.75, 3.05) is 13.2 Å². The number of allylic oxidation sites excluding steroid dienone is 1. The van der Waals surface area contributed by atoms with Gasteiger partial charge in [-0.05, 0) is 44.4 Å². The molecule has 1 heterocycles. The lowest BCUT2D eigenvalue weighted by Crippen LogP contribution is -2.25. The first-order valence-electron chi connectivity index (χ1n) is 16.7. The standard InChI is InChI=1S/C34H62O6/c1-4-5-17-23-31-32(40-31)24-19-14-10-6-7-11-15-20-25-33(36)38-27-30(35)28-39-34(37)26-21-16-12-8-9-13-18-22-29(2)3/h14,19,29-32,35H,4-13,15-18,20-28H2,1-3H3/b19-14-/t30-,31?,32?/m1/s1. The number of carbonyl (C=O) groups is 2. The molecule has 3 atom stereocenters. The number of carbonyl (C=O) groups excluding carboxylic acids is 2. The summed E-state index contributed by atoms with van der Waals surface area (Å²) in [7, 11) is 0. The molecule has 234 valence electrons. The molecular formula is C34H62O6. The predicted molar refractivity (Wildman–Crippen MR) is 163 cm³/mol. The molecule has 40 heavy (non-hydrogen) atoms. The van der Waals surface area contributed by atoms with Gasteiger partial charge in [-0.1, -0.05) is 116 Å². The summed E-state index contributed by atoms with van der Waals surface area (Å²) in [6.07, 6.45) is 27.3. The quantitative estimate of drug-likeness (QED) is 0.0441. The van der Waals surface area contributed by atoms with Crippen LogP contribution in [0.15, 0.2) is 12.2 Å². The molecule has 0 aromatic heterocycles. The average molecular weight is 567 g/mol. The minimum atomic E-state index is -0.967.